The minimum absolute atomic E-state index is 0.638. The zero-order chi connectivity index (χ0) is 36.3. The average molecular weight is 721 g/mol. The van der Waals surface area contributed by atoms with E-state index in [0.29, 0.717) is 17.5 Å². The van der Waals surface area contributed by atoms with Crippen LogP contribution in [0.3, 0.4) is 0 Å². The lowest BCUT2D eigenvalue weighted by Gasteiger charge is -2.43. The lowest BCUT2D eigenvalue weighted by atomic mass is 9.64. The third kappa shape index (κ3) is 4.90. The molecule has 3 heterocycles. The average Bonchev–Trinajstić information content (AvgIpc) is 3.32. The van der Waals surface area contributed by atoms with E-state index in [1.807, 2.05) is 48.2 Å². The van der Waals surface area contributed by atoms with Gasteiger partial charge in [-0.05, 0) is 51.4 Å². The molecule has 2 aliphatic rings. The van der Waals surface area contributed by atoms with Gasteiger partial charge in [0, 0.05) is 43.1 Å². The highest BCUT2D eigenvalue weighted by Crippen LogP contribution is 2.61. The van der Waals surface area contributed by atoms with Crippen molar-refractivity contribution in [3.8, 4) is 45.3 Å². The van der Waals surface area contributed by atoms with Crippen LogP contribution in [-0.4, -0.2) is 15.0 Å². The summed E-state index contributed by atoms with van der Waals surface area (Å²) in [7, 11) is 0. The predicted octanol–water partition coefficient (Wildman–Crippen LogP) is 12.6. The van der Waals surface area contributed by atoms with Crippen molar-refractivity contribution in [2.45, 2.75) is 15.2 Å². The van der Waals surface area contributed by atoms with Crippen LogP contribution in [0.1, 0.15) is 22.3 Å². The number of hydrogen-bond donors (Lipinski definition) is 1. The Labute approximate surface area is 323 Å². The number of nitrogens with one attached hydrogen (secondary N) is 1. The zero-order valence-corrected chi connectivity index (χ0v) is 30.5. The normalized spacial score (nSPS) is 13.3. The van der Waals surface area contributed by atoms with E-state index in [1.54, 1.807) is 0 Å². The molecule has 0 saturated carbocycles. The fourth-order valence-corrected chi connectivity index (χ4v) is 10.00. The molecule has 0 aliphatic carbocycles. The summed E-state index contributed by atoms with van der Waals surface area (Å²) < 4.78 is 0. The molecular formula is C50H32N4S. The Morgan fingerprint density at radius 3 is 1.58 bits per heavy atom. The first-order valence-electron chi connectivity index (χ1n) is 18.5. The van der Waals surface area contributed by atoms with Crippen molar-refractivity contribution in [3.63, 3.8) is 0 Å². The zero-order valence-electron chi connectivity index (χ0n) is 29.6. The quantitative estimate of drug-likeness (QED) is 0.192. The molecule has 0 atom stereocenters. The Morgan fingerprint density at radius 1 is 0.400 bits per heavy atom. The molecule has 0 radical (unpaired) electrons. The van der Waals surface area contributed by atoms with Crippen LogP contribution >= 0.6 is 11.8 Å². The molecule has 1 aromatic heterocycles. The van der Waals surface area contributed by atoms with E-state index in [0.717, 1.165) is 44.6 Å². The Kier molecular flexibility index (Phi) is 7.29. The van der Waals surface area contributed by atoms with Crippen LogP contribution in [0, 0.1) is 0 Å². The van der Waals surface area contributed by atoms with E-state index in [-0.39, 0.29) is 0 Å². The van der Waals surface area contributed by atoms with Crippen molar-refractivity contribution in [2.24, 2.45) is 0 Å². The molecule has 0 spiro atoms. The van der Waals surface area contributed by atoms with Crippen LogP contribution in [0.25, 0.3) is 56.1 Å². The summed E-state index contributed by atoms with van der Waals surface area (Å²) in [6.07, 6.45) is 0. The third-order valence-corrected chi connectivity index (χ3v) is 12.3. The molecule has 8 aromatic carbocycles. The van der Waals surface area contributed by atoms with Gasteiger partial charge in [-0.3, -0.25) is 0 Å². The number of hydrogen-bond acceptors (Lipinski definition) is 5. The second-order valence-corrected chi connectivity index (χ2v) is 15.0. The molecule has 0 amide bonds. The Hall–Kier alpha value is -6.82. The number of rotatable bonds is 5. The van der Waals surface area contributed by atoms with Gasteiger partial charge in [-0.25, -0.2) is 15.0 Å². The highest BCUT2D eigenvalue weighted by molar-refractivity contribution is 8.00. The predicted molar refractivity (Wildman–Crippen MR) is 225 cm³/mol. The smallest absolute Gasteiger partial charge is 0.164 e. The maximum absolute atomic E-state index is 5.32. The number of benzene rings is 8. The number of para-hydroxylation sites is 1. The summed E-state index contributed by atoms with van der Waals surface area (Å²) in [5, 5.41) is 6.20. The van der Waals surface area contributed by atoms with E-state index in [2.05, 4.69) is 157 Å². The molecule has 4 nitrogen and oxygen atoms in total. The van der Waals surface area contributed by atoms with Gasteiger partial charge in [0.15, 0.2) is 17.5 Å². The van der Waals surface area contributed by atoms with Crippen molar-refractivity contribution in [3.05, 3.63) is 210 Å². The van der Waals surface area contributed by atoms with Gasteiger partial charge in [0.1, 0.15) is 0 Å². The van der Waals surface area contributed by atoms with Gasteiger partial charge in [0.25, 0.3) is 0 Å². The maximum atomic E-state index is 5.32. The van der Waals surface area contributed by atoms with Crippen LogP contribution in [0.2, 0.25) is 0 Å². The van der Waals surface area contributed by atoms with Gasteiger partial charge in [0.05, 0.1) is 11.1 Å². The van der Waals surface area contributed by atoms with Crippen LogP contribution in [-0.2, 0) is 5.41 Å². The van der Waals surface area contributed by atoms with Crippen LogP contribution in [0.15, 0.2) is 198 Å². The fraction of sp³-hybridized carbons (Fsp3) is 0.0200. The molecule has 0 fully saturated rings. The summed E-state index contributed by atoms with van der Waals surface area (Å²) in [5.74, 6) is 1.92. The first-order valence-corrected chi connectivity index (χ1v) is 19.4. The maximum Gasteiger partial charge on any atom is 0.164 e. The van der Waals surface area contributed by atoms with Gasteiger partial charge in [0.2, 0.25) is 0 Å². The Balaban J connectivity index is 1.34. The van der Waals surface area contributed by atoms with Crippen molar-refractivity contribution >= 4 is 33.9 Å². The summed E-state index contributed by atoms with van der Waals surface area (Å²) in [6, 6.07) is 66.9. The van der Waals surface area contributed by atoms with E-state index in [9.17, 15) is 0 Å². The first-order chi connectivity index (χ1) is 27.3. The van der Waals surface area contributed by atoms with Crippen molar-refractivity contribution in [2.75, 3.05) is 5.32 Å². The van der Waals surface area contributed by atoms with E-state index in [1.165, 1.54) is 37.4 Å². The lowest BCUT2D eigenvalue weighted by Crippen LogP contribution is -2.34. The summed E-state index contributed by atoms with van der Waals surface area (Å²) in [4.78, 5) is 18.2. The summed E-state index contributed by atoms with van der Waals surface area (Å²) >= 11 is 1.87. The molecule has 1 N–H and O–H groups in total. The van der Waals surface area contributed by atoms with Gasteiger partial charge in [-0.15, -0.1) is 0 Å². The molecule has 11 rings (SSSR count). The molecule has 2 bridgehead atoms. The first kappa shape index (κ1) is 31.7. The highest BCUT2D eigenvalue weighted by Gasteiger charge is 2.46. The summed E-state index contributed by atoms with van der Waals surface area (Å²) in [6.45, 7) is 0. The van der Waals surface area contributed by atoms with Gasteiger partial charge in [-0.2, -0.15) is 0 Å². The minimum Gasteiger partial charge on any atom is -0.354 e. The molecule has 2 aliphatic heterocycles. The van der Waals surface area contributed by atoms with Gasteiger partial charge >= 0.3 is 0 Å². The lowest BCUT2D eigenvalue weighted by molar-refractivity contribution is 0.707. The molecule has 258 valence electrons. The van der Waals surface area contributed by atoms with Crippen molar-refractivity contribution in [1.29, 1.82) is 0 Å². The highest BCUT2D eigenvalue weighted by atomic mass is 32.2. The molecule has 0 unspecified atom stereocenters. The van der Waals surface area contributed by atoms with Crippen molar-refractivity contribution < 1.29 is 0 Å². The topological polar surface area (TPSA) is 50.7 Å². The monoisotopic (exact) mass is 720 g/mol. The van der Waals surface area contributed by atoms with E-state index >= 15 is 0 Å². The minimum atomic E-state index is -0.666. The number of nitrogens with zero attached hydrogens (tertiary/aromatic N) is 3. The van der Waals surface area contributed by atoms with Crippen LogP contribution < -0.4 is 5.32 Å². The summed E-state index contributed by atoms with van der Waals surface area (Å²) in [5.41, 5.74) is 11.5. The van der Waals surface area contributed by atoms with Crippen molar-refractivity contribution in [1.82, 2.24) is 15.0 Å². The van der Waals surface area contributed by atoms with E-state index in [4.69, 9.17) is 15.0 Å². The van der Waals surface area contributed by atoms with E-state index < -0.39 is 5.41 Å². The van der Waals surface area contributed by atoms with Crippen LogP contribution in [0.5, 0.6) is 0 Å². The molecular weight excluding hydrogens is 689 g/mol. The number of aromatic nitrogens is 3. The molecule has 9 aromatic rings. The standard InChI is InChI=1S/C50H32N4S/c1-5-17-32(18-6-1)47-52-48(33-19-7-2-8-20-33)54-49(53-47)39-31-41-46-44-37(26-15-27-38(39)44)36-25-13-14-29-42(36)51-43-30-16-28-40(45(43)55-46)50(41,34-21-9-3-10-22-34)35-23-11-4-12-24-35/h1-31,51H. The number of anilines is 2. The van der Waals surface area contributed by atoms with Crippen LogP contribution in [0.4, 0.5) is 11.4 Å². The third-order valence-electron chi connectivity index (χ3n) is 11.0. The number of fused-ring (bicyclic) bond motifs is 2. The molecule has 5 heteroatoms. The fourth-order valence-electron chi connectivity index (χ4n) is 8.59. The Morgan fingerprint density at radius 2 is 0.927 bits per heavy atom. The van der Waals surface area contributed by atoms with Gasteiger partial charge < -0.3 is 5.32 Å². The largest absolute Gasteiger partial charge is 0.354 e. The molecule has 0 saturated heterocycles. The Bertz CT molecular complexity index is 2820. The molecule has 55 heavy (non-hydrogen) atoms. The van der Waals surface area contributed by atoms with Gasteiger partial charge in [-0.1, -0.05) is 182 Å². The second kappa shape index (κ2) is 12.7. The SMILES string of the molecule is c1ccc(-c2nc(-c3ccccc3)nc(-c3cc4c5c6c(cccc36)-c3ccccc3Nc3cccc(c3S5)C4(c3ccccc3)c3ccccc3)n2)cc1. The second-order valence-electron chi connectivity index (χ2n) is 14.0.